The summed E-state index contributed by atoms with van der Waals surface area (Å²) >= 11 is 0. The monoisotopic (exact) mass is 1310 g/mol. The first-order chi connectivity index (χ1) is 47.8. The molecule has 0 N–H and O–H groups in total. The fourth-order valence-corrected chi connectivity index (χ4v) is 14.1. The van der Waals surface area contributed by atoms with Gasteiger partial charge in [0.2, 0.25) is 0 Å². The van der Waals surface area contributed by atoms with Gasteiger partial charge in [0.15, 0.2) is 23.4 Å². The summed E-state index contributed by atoms with van der Waals surface area (Å²) in [5.74, 6) is 1.83. The van der Waals surface area contributed by atoms with Crippen LogP contribution in [0.3, 0.4) is 0 Å². The second kappa shape index (κ2) is 27.2. The number of hydrogen-bond acceptors (Lipinski definition) is 15. The Balaban J connectivity index is 0.583. The Morgan fingerprint density at radius 2 is 0.745 bits per heavy atom. The summed E-state index contributed by atoms with van der Waals surface area (Å²) in [7, 11) is 6.54. The van der Waals surface area contributed by atoms with Crippen molar-refractivity contribution in [1.82, 2.24) is 0 Å². The van der Waals surface area contributed by atoms with Crippen LogP contribution in [0.4, 0.5) is 0 Å². The second-order valence-electron chi connectivity index (χ2n) is 24.8. The van der Waals surface area contributed by atoms with Crippen molar-refractivity contribution in [2.24, 2.45) is 0 Å². The lowest BCUT2D eigenvalue weighted by molar-refractivity contribution is -0.157. The minimum absolute atomic E-state index is 0.0613. The second-order valence-corrected chi connectivity index (χ2v) is 24.8. The summed E-state index contributed by atoms with van der Waals surface area (Å²) in [6, 6.07) is 63.3. The Morgan fingerprint density at radius 1 is 0.408 bits per heavy atom. The Kier molecular flexibility index (Phi) is 17.8. The van der Waals surface area contributed by atoms with Gasteiger partial charge in [0.1, 0.15) is 46.7 Å². The molecule has 4 aliphatic rings. The summed E-state index contributed by atoms with van der Waals surface area (Å²) < 4.78 is 67.0. The Bertz CT molecular complexity index is 4370. The lowest BCUT2D eigenvalue weighted by atomic mass is 9.81. The molecule has 0 spiro atoms. The highest BCUT2D eigenvalue weighted by atomic mass is 16.6. The average Bonchev–Trinajstić information content (AvgIpc) is 1.41. The maximum atomic E-state index is 14.0. The van der Waals surface area contributed by atoms with E-state index in [1.807, 2.05) is 182 Å². The SMILES string of the molecule is COc1ccc(C2(c3ccc(OC)cc3)C=Cc3c4c(c5ccccc5c3O2)-c2ccccc2C4OC(=O)CCC(=O)OC(C)CCOCC(C)OC(=O)CCC(=O)OC2c3ccccc3-c3c2c2c(c4ccccc34)OC(c3ccc(OC)cc3)(c3ccc(OC)cc3)C=C2)cc1. The molecule has 0 saturated carbocycles. The number of fused-ring (bicyclic) bond motifs is 16. The van der Waals surface area contributed by atoms with Crippen LogP contribution >= 0.6 is 0 Å². The summed E-state index contributed by atoms with van der Waals surface area (Å²) in [6.45, 7) is 3.70. The Morgan fingerprint density at radius 3 is 1.12 bits per heavy atom. The van der Waals surface area contributed by atoms with Gasteiger partial charge in [-0.25, -0.2) is 0 Å². The van der Waals surface area contributed by atoms with Crippen LogP contribution in [-0.4, -0.2) is 77.7 Å². The highest BCUT2D eigenvalue weighted by molar-refractivity contribution is 6.09. The molecule has 2 heterocycles. The number of carbonyl (C=O) groups excluding carboxylic acids is 4. The number of esters is 4. The molecular weight excluding hydrogens is 1240 g/mol. The summed E-state index contributed by atoms with van der Waals surface area (Å²) in [4.78, 5) is 54.6. The molecule has 10 aromatic carbocycles. The third-order valence-electron chi connectivity index (χ3n) is 18.9. The third kappa shape index (κ3) is 11.9. The van der Waals surface area contributed by atoms with Crippen molar-refractivity contribution in [2.45, 2.75) is 81.6 Å². The summed E-state index contributed by atoms with van der Waals surface area (Å²) in [6.07, 6.45) is 4.89. The van der Waals surface area contributed by atoms with E-state index in [9.17, 15) is 19.2 Å². The van der Waals surface area contributed by atoms with Gasteiger partial charge in [-0.3, -0.25) is 19.2 Å². The largest absolute Gasteiger partial charge is 0.497 e. The molecule has 0 amide bonds. The maximum Gasteiger partial charge on any atom is 0.307 e. The first-order valence-electron chi connectivity index (χ1n) is 32.9. The van der Waals surface area contributed by atoms with E-state index in [-0.39, 0.29) is 38.9 Å². The zero-order valence-electron chi connectivity index (χ0n) is 55.2. The van der Waals surface area contributed by atoms with E-state index in [1.54, 1.807) is 42.3 Å². The molecule has 4 unspecified atom stereocenters. The van der Waals surface area contributed by atoms with Gasteiger partial charge in [0.25, 0.3) is 0 Å². The van der Waals surface area contributed by atoms with E-state index in [0.717, 1.165) is 99.4 Å². The van der Waals surface area contributed by atoms with Crippen LogP contribution in [0.2, 0.25) is 0 Å². The van der Waals surface area contributed by atoms with E-state index in [4.69, 9.17) is 52.1 Å². The molecule has 0 bridgehead atoms. The maximum absolute atomic E-state index is 14.0. The van der Waals surface area contributed by atoms with Crippen LogP contribution in [-0.2, 0) is 54.1 Å². The van der Waals surface area contributed by atoms with Gasteiger partial charge in [-0.15, -0.1) is 0 Å². The lowest BCUT2D eigenvalue weighted by Crippen LogP contribution is -2.34. The molecule has 0 saturated heterocycles. The first kappa shape index (κ1) is 64.2. The normalized spacial score (nSPS) is 15.9. The van der Waals surface area contributed by atoms with Crippen LogP contribution in [0.1, 0.15) is 114 Å². The molecule has 14 rings (SSSR count). The van der Waals surface area contributed by atoms with Crippen molar-refractivity contribution >= 4 is 57.6 Å². The van der Waals surface area contributed by atoms with Gasteiger partial charge in [0, 0.05) is 72.8 Å². The summed E-state index contributed by atoms with van der Waals surface area (Å²) in [5.41, 5.74) is 9.96. The third-order valence-corrected chi connectivity index (χ3v) is 18.9. The van der Waals surface area contributed by atoms with Crippen molar-refractivity contribution < 1.29 is 71.3 Å². The van der Waals surface area contributed by atoms with Crippen LogP contribution in [0.5, 0.6) is 34.5 Å². The number of rotatable bonds is 23. The van der Waals surface area contributed by atoms with Crippen LogP contribution in [0.15, 0.2) is 206 Å². The van der Waals surface area contributed by atoms with Crippen molar-refractivity contribution in [3.05, 3.63) is 262 Å². The minimum atomic E-state index is -1.07. The molecule has 10 aromatic rings. The van der Waals surface area contributed by atoms with Gasteiger partial charge in [-0.1, -0.05) is 158 Å². The molecule has 494 valence electrons. The Labute approximate surface area is 568 Å². The molecule has 98 heavy (non-hydrogen) atoms. The molecule has 15 heteroatoms. The molecule has 4 atom stereocenters. The molecule has 2 aliphatic carbocycles. The quantitative estimate of drug-likeness (QED) is 0.0336. The number of carbonyl (C=O) groups is 4. The van der Waals surface area contributed by atoms with Crippen molar-refractivity contribution in [1.29, 1.82) is 0 Å². The summed E-state index contributed by atoms with van der Waals surface area (Å²) in [5, 5.41) is 3.67. The molecule has 15 nitrogen and oxygen atoms in total. The van der Waals surface area contributed by atoms with Crippen LogP contribution in [0.25, 0.3) is 56.0 Å². The predicted octanol–water partition coefficient (Wildman–Crippen LogP) is 16.5. The molecule has 0 aromatic heterocycles. The van der Waals surface area contributed by atoms with Gasteiger partial charge < -0.3 is 52.1 Å². The standard InChI is InChI=1S/C83H72O15/c1-50(93-70(84)39-41-72(86)95-80-66-21-13-9-17-62(66)74-60-15-7-11-19-64(60)78-68(76(74)80)43-46-82(97-78,52-23-31-56(88-3)32-24-52)53-25-33-57(89-4)34-26-53)45-48-92-49-51(2)94-71(85)40-42-73(87)96-81-67-22-14-10-18-63(67)75-61-16-8-12-20-65(61)79-69(77(75)81)44-47-83(98-79,54-27-35-58(90-5)36-28-54)55-29-37-59(91-6)38-30-55/h7-38,43-44,46-47,50-51,80-81H,39-42,45,48-49H2,1-6H3. The van der Waals surface area contributed by atoms with E-state index in [0.29, 0.717) is 40.9 Å². The highest BCUT2D eigenvalue weighted by Gasteiger charge is 2.45. The number of ether oxygens (including phenoxy) is 11. The predicted molar refractivity (Wildman–Crippen MR) is 373 cm³/mol. The first-order valence-corrected chi connectivity index (χ1v) is 32.9. The van der Waals surface area contributed by atoms with Gasteiger partial charge in [0.05, 0.1) is 67.3 Å². The smallest absolute Gasteiger partial charge is 0.307 e. The van der Waals surface area contributed by atoms with Crippen LogP contribution < -0.4 is 28.4 Å². The number of hydrogen-bond donors (Lipinski definition) is 0. The van der Waals surface area contributed by atoms with Crippen molar-refractivity contribution in [3.8, 4) is 56.8 Å². The van der Waals surface area contributed by atoms with Gasteiger partial charge in [-0.2, -0.15) is 0 Å². The fourth-order valence-electron chi connectivity index (χ4n) is 14.1. The van der Waals surface area contributed by atoms with E-state index < -0.39 is 59.5 Å². The minimum Gasteiger partial charge on any atom is -0.497 e. The zero-order valence-corrected chi connectivity index (χ0v) is 55.2. The zero-order chi connectivity index (χ0) is 67.7. The molecule has 0 radical (unpaired) electrons. The average molecular weight is 1310 g/mol. The lowest BCUT2D eigenvalue weighted by Gasteiger charge is -2.37. The molecule has 0 fully saturated rings. The fraction of sp³-hybridized carbons (Fsp3) is 0.229. The number of methoxy groups -OCH3 is 4. The highest BCUT2D eigenvalue weighted by Crippen LogP contribution is 2.59. The number of benzene rings is 10. The van der Waals surface area contributed by atoms with Crippen molar-refractivity contribution in [2.75, 3.05) is 41.7 Å². The topological polar surface area (TPSA) is 170 Å². The van der Waals surface area contributed by atoms with Gasteiger partial charge >= 0.3 is 23.9 Å². The molecule has 2 aliphatic heterocycles. The van der Waals surface area contributed by atoms with Gasteiger partial charge in [-0.05, 0) is 108 Å². The van der Waals surface area contributed by atoms with Crippen molar-refractivity contribution in [3.63, 3.8) is 0 Å². The van der Waals surface area contributed by atoms with E-state index in [2.05, 4.69) is 36.4 Å². The van der Waals surface area contributed by atoms with E-state index in [1.165, 1.54) is 0 Å². The Hall–Kier alpha value is -11.2. The van der Waals surface area contributed by atoms with Crippen LogP contribution in [0, 0.1) is 0 Å². The molecular formula is C83H72O15. The van der Waals surface area contributed by atoms with E-state index >= 15 is 0 Å².